The first-order chi connectivity index (χ1) is 17.8. The van der Waals surface area contributed by atoms with Crippen molar-refractivity contribution in [3.8, 4) is 11.4 Å². The molecule has 2 heterocycles. The molecule has 12 heteroatoms. The average Bonchev–Trinajstić information content (AvgIpc) is 3.24. The topological polar surface area (TPSA) is 91.0 Å². The molecule has 0 saturated carbocycles. The van der Waals surface area contributed by atoms with Crippen molar-refractivity contribution in [3.63, 3.8) is 0 Å². The molecule has 2 atom stereocenters. The normalized spacial score (nSPS) is 13.5. The van der Waals surface area contributed by atoms with E-state index in [0.29, 0.717) is 29.7 Å². The number of rotatable bonds is 8. The van der Waals surface area contributed by atoms with Crippen molar-refractivity contribution in [2.75, 3.05) is 0 Å². The number of carbonyl (C=O) groups excluding carboxylic acids is 1. The molecule has 1 N–H and O–H groups in total. The van der Waals surface area contributed by atoms with Crippen LogP contribution in [0, 0.1) is 17.6 Å². The van der Waals surface area contributed by atoms with Gasteiger partial charge in [0.1, 0.15) is 29.0 Å². The maximum Gasteiger partial charge on any atom is 0.321 e. The number of amides is 1. The summed E-state index contributed by atoms with van der Waals surface area (Å²) in [6, 6.07) is 9.35. The van der Waals surface area contributed by atoms with Gasteiger partial charge in [-0.05, 0) is 36.2 Å². The fourth-order valence-corrected chi connectivity index (χ4v) is 3.98. The van der Waals surface area contributed by atoms with Crippen LogP contribution in [-0.4, -0.2) is 37.4 Å². The molecule has 0 aliphatic carbocycles. The van der Waals surface area contributed by atoms with E-state index in [1.807, 2.05) is 0 Å². The van der Waals surface area contributed by atoms with E-state index in [1.165, 1.54) is 21.4 Å². The van der Waals surface area contributed by atoms with Gasteiger partial charge in [-0.15, -0.1) is 5.10 Å². The predicted molar refractivity (Wildman–Crippen MR) is 131 cm³/mol. The van der Waals surface area contributed by atoms with Gasteiger partial charge in [-0.2, -0.15) is 8.78 Å². The van der Waals surface area contributed by atoms with Gasteiger partial charge in [-0.25, -0.2) is 13.5 Å². The summed E-state index contributed by atoms with van der Waals surface area (Å²) in [5, 5.41) is 10.5. The van der Waals surface area contributed by atoms with E-state index < -0.39 is 41.5 Å². The SMILES string of the molecule is CC(C)[C@H](NC(=O)C(C)(F)F)[C@H](Oc1ccc2c(c1)nnn2-c1ccc(=O)n(C)c1)c1cc(F)cc(F)c1. The third-order valence-electron chi connectivity index (χ3n) is 5.95. The van der Waals surface area contributed by atoms with Gasteiger partial charge in [0.2, 0.25) is 5.56 Å². The van der Waals surface area contributed by atoms with Gasteiger partial charge in [0.15, 0.2) is 0 Å². The van der Waals surface area contributed by atoms with Crippen LogP contribution in [0.3, 0.4) is 0 Å². The molecule has 0 aliphatic rings. The van der Waals surface area contributed by atoms with Crippen LogP contribution in [0.15, 0.2) is 59.5 Å². The van der Waals surface area contributed by atoms with Crippen LogP contribution < -0.4 is 15.6 Å². The molecule has 4 rings (SSSR count). The number of carbonyl (C=O) groups is 1. The van der Waals surface area contributed by atoms with Gasteiger partial charge in [-0.1, -0.05) is 19.1 Å². The zero-order valence-electron chi connectivity index (χ0n) is 21.0. The van der Waals surface area contributed by atoms with Crippen LogP contribution in [0.4, 0.5) is 17.6 Å². The number of halogens is 4. The summed E-state index contributed by atoms with van der Waals surface area (Å²) in [5.74, 6) is -7.27. The highest BCUT2D eigenvalue weighted by Gasteiger charge is 2.38. The van der Waals surface area contributed by atoms with Crippen LogP contribution in [0.1, 0.15) is 32.4 Å². The van der Waals surface area contributed by atoms with E-state index in [-0.39, 0.29) is 16.9 Å². The van der Waals surface area contributed by atoms with E-state index in [1.54, 1.807) is 45.3 Å². The molecule has 4 aromatic rings. The van der Waals surface area contributed by atoms with Crippen molar-refractivity contribution in [1.29, 1.82) is 0 Å². The molecule has 38 heavy (non-hydrogen) atoms. The molecule has 0 unspecified atom stereocenters. The number of nitrogens with zero attached hydrogens (tertiary/aromatic N) is 4. The van der Waals surface area contributed by atoms with Gasteiger partial charge in [-0.3, -0.25) is 9.59 Å². The number of aryl methyl sites for hydroxylation is 1. The zero-order valence-corrected chi connectivity index (χ0v) is 21.0. The number of ether oxygens (including phenoxy) is 1. The number of aromatic nitrogens is 4. The lowest BCUT2D eigenvalue weighted by atomic mass is 9.92. The average molecular weight is 532 g/mol. The zero-order chi connectivity index (χ0) is 27.8. The largest absolute Gasteiger partial charge is 0.483 e. The molecule has 0 spiro atoms. The molecule has 200 valence electrons. The lowest BCUT2D eigenvalue weighted by Gasteiger charge is -2.32. The van der Waals surface area contributed by atoms with Crippen LogP contribution in [0.25, 0.3) is 16.7 Å². The molecular formula is C26H25F4N5O3. The number of benzene rings is 2. The van der Waals surface area contributed by atoms with E-state index >= 15 is 0 Å². The van der Waals surface area contributed by atoms with Crippen LogP contribution in [0.2, 0.25) is 0 Å². The Hall–Kier alpha value is -4.22. The number of fused-ring (bicyclic) bond motifs is 1. The van der Waals surface area contributed by atoms with Gasteiger partial charge >= 0.3 is 5.92 Å². The maximum atomic E-state index is 14.1. The second-order valence-electron chi connectivity index (χ2n) is 9.36. The number of hydrogen-bond donors (Lipinski definition) is 1. The van der Waals surface area contributed by atoms with Crippen molar-refractivity contribution in [1.82, 2.24) is 24.9 Å². The number of hydrogen-bond acceptors (Lipinski definition) is 5. The predicted octanol–water partition coefficient (Wildman–Crippen LogP) is 4.31. The third-order valence-corrected chi connectivity index (χ3v) is 5.95. The molecule has 8 nitrogen and oxygen atoms in total. The highest BCUT2D eigenvalue weighted by atomic mass is 19.3. The molecule has 0 radical (unpaired) electrons. The molecule has 0 fully saturated rings. The summed E-state index contributed by atoms with van der Waals surface area (Å²) < 4.78 is 64.7. The Labute approximate surface area is 214 Å². The number of pyridine rings is 1. The Morgan fingerprint density at radius 1 is 1.05 bits per heavy atom. The van der Waals surface area contributed by atoms with E-state index in [4.69, 9.17) is 4.74 Å². The van der Waals surface area contributed by atoms with Crippen molar-refractivity contribution in [3.05, 3.63) is 82.3 Å². The maximum absolute atomic E-state index is 14.1. The Kier molecular flexibility index (Phi) is 7.25. The van der Waals surface area contributed by atoms with Gasteiger partial charge < -0.3 is 14.6 Å². The summed E-state index contributed by atoms with van der Waals surface area (Å²) >= 11 is 0. The van der Waals surface area contributed by atoms with Crippen molar-refractivity contribution in [2.24, 2.45) is 13.0 Å². The minimum absolute atomic E-state index is 0.00914. The first kappa shape index (κ1) is 26.8. The van der Waals surface area contributed by atoms with Crippen molar-refractivity contribution in [2.45, 2.75) is 38.8 Å². The van der Waals surface area contributed by atoms with Crippen molar-refractivity contribution < 1.29 is 27.1 Å². The Morgan fingerprint density at radius 2 is 1.74 bits per heavy atom. The van der Waals surface area contributed by atoms with Crippen LogP contribution in [-0.2, 0) is 11.8 Å². The highest BCUT2D eigenvalue weighted by molar-refractivity contribution is 5.83. The highest BCUT2D eigenvalue weighted by Crippen LogP contribution is 2.32. The molecule has 2 aromatic heterocycles. The fourth-order valence-electron chi connectivity index (χ4n) is 3.98. The molecule has 2 aromatic carbocycles. The minimum atomic E-state index is -3.68. The number of alkyl halides is 2. The standard InChI is InChI=1S/C26H25F4N5O3/c1-14(2)23(31-25(37)26(3,29)30)24(15-9-16(27)11-17(28)10-15)38-19-6-7-21-20(12-19)32-33-35(21)18-5-8-22(36)34(4)13-18/h5-14,23-24H,1-4H3,(H,31,37)/t23-,24+/m0/s1. The summed E-state index contributed by atoms with van der Waals surface area (Å²) in [7, 11) is 1.60. The minimum Gasteiger partial charge on any atom is -0.483 e. The molecule has 0 aliphatic heterocycles. The van der Waals surface area contributed by atoms with Gasteiger partial charge in [0.25, 0.3) is 5.91 Å². The van der Waals surface area contributed by atoms with Gasteiger partial charge in [0, 0.05) is 43.9 Å². The molecule has 1 amide bonds. The second-order valence-corrected chi connectivity index (χ2v) is 9.36. The summed E-state index contributed by atoms with van der Waals surface area (Å²) in [6.45, 7) is 3.78. The lowest BCUT2D eigenvalue weighted by Crippen LogP contribution is -2.49. The summed E-state index contributed by atoms with van der Waals surface area (Å²) in [6.07, 6.45) is 0.358. The first-order valence-electron chi connectivity index (χ1n) is 11.7. The van der Waals surface area contributed by atoms with Crippen LogP contribution >= 0.6 is 0 Å². The van der Waals surface area contributed by atoms with Crippen LogP contribution in [0.5, 0.6) is 5.75 Å². The van der Waals surface area contributed by atoms with E-state index in [9.17, 15) is 27.2 Å². The first-order valence-corrected chi connectivity index (χ1v) is 11.7. The number of nitrogens with one attached hydrogen (secondary N) is 1. The Balaban J connectivity index is 1.74. The van der Waals surface area contributed by atoms with Crippen molar-refractivity contribution >= 4 is 16.9 Å². The summed E-state index contributed by atoms with van der Waals surface area (Å²) in [5.41, 5.74) is 1.37. The van der Waals surface area contributed by atoms with Gasteiger partial charge in [0.05, 0.1) is 17.2 Å². The quantitative estimate of drug-likeness (QED) is 0.342. The second kappa shape index (κ2) is 10.3. The third kappa shape index (κ3) is 5.68. The molecule has 0 bridgehead atoms. The monoisotopic (exact) mass is 531 g/mol. The molecule has 0 saturated heterocycles. The smallest absolute Gasteiger partial charge is 0.321 e. The lowest BCUT2D eigenvalue weighted by molar-refractivity contribution is -0.145. The van der Waals surface area contributed by atoms with E-state index in [0.717, 1.165) is 12.1 Å². The Bertz CT molecular complexity index is 1520. The fraction of sp³-hybridized carbons (Fsp3) is 0.308. The Morgan fingerprint density at radius 3 is 2.34 bits per heavy atom. The summed E-state index contributed by atoms with van der Waals surface area (Å²) in [4.78, 5) is 23.9. The van der Waals surface area contributed by atoms with E-state index in [2.05, 4.69) is 15.6 Å². The molecular weight excluding hydrogens is 506 g/mol.